The Morgan fingerprint density at radius 2 is 2.11 bits per heavy atom. The second-order valence-electron chi connectivity index (χ2n) is 4.90. The van der Waals surface area contributed by atoms with Crippen LogP contribution in [0.15, 0.2) is 42.7 Å². The van der Waals surface area contributed by atoms with Gasteiger partial charge in [0.15, 0.2) is 0 Å². The highest BCUT2D eigenvalue weighted by Crippen LogP contribution is 2.37. The Morgan fingerprint density at radius 3 is 2.79 bits per heavy atom. The van der Waals surface area contributed by atoms with Gasteiger partial charge in [0.2, 0.25) is 5.91 Å². The molecule has 0 radical (unpaired) electrons. The van der Waals surface area contributed by atoms with Crippen LogP contribution in [-0.4, -0.2) is 15.7 Å². The number of hydrogen-bond acceptors (Lipinski definition) is 2. The fourth-order valence-electron chi connectivity index (χ4n) is 2.68. The summed E-state index contributed by atoms with van der Waals surface area (Å²) < 4.78 is 1.90. The summed E-state index contributed by atoms with van der Waals surface area (Å²) in [6.07, 6.45) is 4.46. The number of aryl methyl sites for hydroxylation is 1. The highest BCUT2D eigenvalue weighted by molar-refractivity contribution is 5.80. The molecule has 98 valence electrons. The molecule has 2 aromatic rings. The summed E-state index contributed by atoms with van der Waals surface area (Å²) in [5.41, 5.74) is 2.29. The van der Waals surface area contributed by atoms with Gasteiger partial charge in [-0.2, -0.15) is 5.10 Å². The summed E-state index contributed by atoms with van der Waals surface area (Å²) in [7, 11) is 0. The molecule has 2 unspecified atom stereocenters. The monoisotopic (exact) mass is 255 g/mol. The molecule has 1 aromatic carbocycles. The number of amides is 1. The average Bonchev–Trinajstić information content (AvgIpc) is 3.05. The lowest BCUT2D eigenvalue weighted by Gasteiger charge is -2.18. The van der Waals surface area contributed by atoms with Gasteiger partial charge in [-0.05, 0) is 18.1 Å². The Hall–Kier alpha value is -2.10. The van der Waals surface area contributed by atoms with Crippen molar-refractivity contribution in [2.75, 3.05) is 0 Å². The van der Waals surface area contributed by atoms with E-state index in [1.807, 2.05) is 35.3 Å². The van der Waals surface area contributed by atoms with Crippen molar-refractivity contribution in [2.45, 2.75) is 31.8 Å². The molecule has 19 heavy (non-hydrogen) atoms. The molecule has 0 aliphatic carbocycles. The second-order valence-corrected chi connectivity index (χ2v) is 4.90. The van der Waals surface area contributed by atoms with Gasteiger partial charge in [-0.25, -0.2) is 0 Å². The maximum Gasteiger partial charge on any atom is 0.221 e. The van der Waals surface area contributed by atoms with Crippen LogP contribution in [0.4, 0.5) is 0 Å². The maximum atomic E-state index is 11.7. The number of carbonyl (C=O) groups is 1. The molecular weight excluding hydrogens is 238 g/mol. The van der Waals surface area contributed by atoms with Gasteiger partial charge in [-0.1, -0.05) is 30.3 Å². The van der Waals surface area contributed by atoms with Crippen LogP contribution in [-0.2, 0) is 11.3 Å². The minimum atomic E-state index is 0.0585. The third-order valence-corrected chi connectivity index (χ3v) is 3.69. The summed E-state index contributed by atoms with van der Waals surface area (Å²) in [6.45, 7) is 2.91. The van der Waals surface area contributed by atoms with E-state index in [2.05, 4.69) is 29.5 Å². The van der Waals surface area contributed by atoms with Crippen molar-refractivity contribution < 1.29 is 4.79 Å². The zero-order valence-corrected chi connectivity index (χ0v) is 10.9. The van der Waals surface area contributed by atoms with Gasteiger partial charge >= 0.3 is 0 Å². The summed E-state index contributed by atoms with van der Waals surface area (Å²) in [6, 6.07) is 10.2. The molecule has 4 heteroatoms. The van der Waals surface area contributed by atoms with Crippen molar-refractivity contribution in [3.05, 3.63) is 53.9 Å². The number of aromatic nitrogens is 2. The van der Waals surface area contributed by atoms with Crippen LogP contribution in [0.25, 0.3) is 0 Å². The Labute approximate surface area is 112 Å². The van der Waals surface area contributed by atoms with Crippen molar-refractivity contribution in [1.82, 2.24) is 15.1 Å². The van der Waals surface area contributed by atoms with Crippen LogP contribution < -0.4 is 5.32 Å². The summed E-state index contributed by atoms with van der Waals surface area (Å²) >= 11 is 0. The molecular formula is C15H17N3O. The fourth-order valence-corrected chi connectivity index (χ4v) is 2.68. The Bertz CT molecular complexity index is 576. The van der Waals surface area contributed by atoms with Crippen molar-refractivity contribution in [2.24, 2.45) is 0 Å². The molecule has 0 spiro atoms. The average molecular weight is 255 g/mol. The number of hydrogen-bond donors (Lipinski definition) is 1. The SMILES string of the molecule is CCn1cc(C2CC(=O)NC2c2ccccc2)cn1. The topological polar surface area (TPSA) is 46.9 Å². The molecule has 1 aliphatic heterocycles. The van der Waals surface area contributed by atoms with Crippen LogP contribution in [0.3, 0.4) is 0 Å². The molecule has 1 N–H and O–H groups in total. The van der Waals surface area contributed by atoms with Crippen LogP contribution in [0.5, 0.6) is 0 Å². The van der Waals surface area contributed by atoms with Gasteiger partial charge in [0, 0.05) is 25.1 Å². The Morgan fingerprint density at radius 1 is 1.32 bits per heavy atom. The maximum absolute atomic E-state index is 11.7. The number of carbonyl (C=O) groups excluding carboxylic acids is 1. The Kier molecular flexibility index (Phi) is 3.07. The third-order valence-electron chi connectivity index (χ3n) is 3.69. The predicted molar refractivity (Wildman–Crippen MR) is 72.6 cm³/mol. The van der Waals surface area contributed by atoms with E-state index in [1.165, 1.54) is 0 Å². The van der Waals surface area contributed by atoms with Crippen molar-refractivity contribution in [3.63, 3.8) is 0 Å². The van der Waals surface area contributed by atoms with E-state index in [9.17, 15) is 4.79 Å². The van der Waals surface area contributed by atoms with Gasteiger partial charge in [0.05, 0.1) is 12.2 Å². The van der Waals surface area contributed by atoms with Crippen molar-refractivity contribution in [1.29, 1.82) is 0 Å². The summed E-state index contributed by atoms with van der Waals surface area (Å²) in [5.74, 6) is 0.290. The largest absolute Gasteiger partial charge is 0.349 e. The molecule has 4 nitrogen and oxygen atoms in total. The van der Waals surface area contributed by atoms with Gasteiger partial charge in [-0.15, -0.1) is 0 Å². The quantitative estimate of drug-likeness (QED) is 0.914. The van der Waals surface area contributed by atoms with Gasteiger partial charge < -0.3 is 5.32 Å². The molecule has 3 rings (SSSR count). The zero-order valence-electron chi connectivity index (χ0n) is 10.9. The highest BCUT2D eigenvalue weighted by atomic mass is 16.2. The van der Waals surface area contributed by atoms with E-state index in [1.54, 1.807) is 0 Å². The van der Waals surface area contributed by atoms with Gasteiger partial charge in [-0.3, -0.25) is 9.48 Å². The standard InChI is InChI=1S/C15H17N3O/c1-2-18-10-12(9-16-18)13-8-14(19)17-15(13)11-6-4-3-5-7-11/h3-7,9-10,13,15H,2,8H2,1H3,(H,17,19). The molecule has 0 saturated carbocycles. The molecule has 1 amide bonds. The lowest BCUT2D eigenvalue weighted by molar-refractivity contribution is -0.119. The lowest BCUT2D eigenvalue weighted by Crippen LogP contribution is -2.20. The molecule has 0 bridgehead atoms. The number of benzene rings is 1. The van der Waals surface area contributed by atoms with Gasteiger partial charge in [0.1, 0.15) is 0 Å². The molecule has 2 heterocycles. The Balaban J connectivity index is 1.92. The highest BCUT2D eigenvalue weighted by Gasteiger charge is 2.35. The second kappa shape index (κ2) is 4.88. The fraction of sp³-hybridized carbons (Fsp3) is 0.333. The van der Waals surface area contributed by atoms with Crippen LogP contribution in [0, 0.1) is 0 Å². The van der Waals surface area contributed by atoms with Gasteiger partial charge in [0.25, 0.3) is 0 Å². The van der Waals surface area contributed by atoms with Crippen molar-refractivity contribution >= 4 is 5.91 Å². The summed E-state index contributed by atoms with van der Waals surface area (Å²) in [5, 5.41) is 7.38. The van der Waals surface area contributed by atoms with Crippen LogP contribution in [0.1, 0.15) is 36.4 Å². The molecule has 2 atom stereocenters. The van der Waals surface area contributed by atoms with E-state index in [-0.39, 0.29) is 17.9 Å². The minimum Gasteiger partial charge on any atom is -0.349 e. The number of nitrogens with one attached hydrogen (secondary N) is 1. The van der Waals surface area contributed by atoms with Crippen molar-refractivity contribution in [3.8, 4) is 0 Å². The lowest BCUT2D eigenvalue weighted by atomic mass is 9.90. The van der Waals surface area contributed by atoms with E-state index >= 15 is 0 Å². The molecule has 1 fully saturated rings. The first kappa shape index (κ1) is 12.0. The summed E-state index contributed by atoms with van der Waals surface area (Å²) in [4.78, 5) is 11.7. The zero-order chi connectivity index (χ0) is 13.2. The first-order valence-electron chi connectivity index (χ1n) is 6.64. The van der Waals surface area contributed by atoms with E-state index < -0.39 is 0 Å². The van der Waals surface area contributed by atoms with E-state index in [0.29, 0.717) is 6.42 Å². The van der Waals surface area contributed by atoms with E-state index in [4.69, 9.17) is 0 Å². The minimum absolute atomic E-state index is 0.0585. The number of rotatable bonds is 3. The normalized spacial score (nSPS) is 22.5. The third kappa shape index (κ3) is 2.26. The molecule has 1 aliphatic rings. The first-order valence-corrected chi connectivity index (χ1v) is 6.64. The predicted octanol–water partition coefficient (Wildman–Crippen LogP) is 2.25. The molecule has 1 aromatic heterocycles. The smallest absolute Gasteiger partial charge is 0.221 e. The van der Waals surface area contributed by atoms with E-state index in [0.717, 1.165) is 17.7 Å². The number of nitrogens with zero attached hydrogens (tertiary/aromatic N) is 2. The molecule has 1 saturated heterocycles. The first-order chi connectivity index (χ1) is 9.28. The van der Waals surface area contributed by atoms with Crippen LogP contribution >= 0.6 is 0 Å². The van der Waals surface area contributed by atoms with Crippen LogP contribution in [0.2, 0.25) is 0 Å².